The third kappa shape index (κ3) is 2.52. The molecule has 0 aromatic heterocycles. The molecule has 1 atom stereocenters. The van der Waals surface area contributed by atoms with Crippen molar-refractivity contribution in [1.82, 2.24) is 0 Å². The fourth-order valence-corrected chi connectivity index (χ4v) is 1.28. The summed E-state index contributed by atoms with van der Waals surface area (Å²) in [5.41, 5.74) is 0.618. The van der Waals surface area contributed by atoms with Gasteiger partial charge in [0.2, 0.25) is 0 Å². The van der Waals surface area contributed by atoms with Crippen LogP contribution >= 0.6 is 0 Å². The molecule has 0 saturated heterocycles. The lowest BCUT2D eigenvalue weighted by molar-refractivity contribution is 0.0867. The average molecular weight is 204 g/mol. The molecule has 1 unspecified atom stereocenters. The Kier molecular flexibility index (Phi) is 3.79. The summed E-state index contributed by atoms with van der Waals surface area (Å²) in [6.45, 7) is 0. The molecule has 0 fully saturated rings. The molecule has 0 amide bonds. The van der Waals surface area contributed by atoms with Crippen LogP contribution in [0.15, 0.2) is 24.3 Å². The number of hydrogen-bond acceptors (Lipinski definition) is 3. The zero-order valence-electron chi connectivity index (χ0n) is 8.14. The first kappa shape index (κ1) is 11.2. The van der Waals surface area contributed by atoms with Crippen molar-refractivity contribution < 1.29 is 9.13 Å². The largest absolute Gasteiger partial charge is 0.374 e. The smallest absolute Gasteiger partial charge is 0.163 e. The van der Waals surface area contributed by atoms with Crippen LogP contribution in [-0.2, 0) is 4.74 Å². The molecule has 0 aliphatic rings. The Hall–Kier alpha value is -1.91. The highest BCUT2D eigenvalue weighted by atomic mass is 19.1. The van der Waals surface area contributed by atoms with E-state index in [2.05, 4.69) is 0 Å². The van der Waals surface area contributed by atoms with E-state index < -0.39 is 12.0 Å². The van der Waals surface area contributed by atoms with E-state index in [0.29, 0.717) is 5.56 Å². The summed E-state index contributed by atoms with van der Waals surface area (Å²) >= 11 is 0. The van der Waals surface area contributed by atoms with Crippen LogP contribution in [0.3, 0.4) is 0 Å². The van der Waals surface area contributed by atoms with Crippen molar-refractivity contribution in [2.24, 2.45) is 5.92 Å². The van der Waals surface area contributed by atoms with Gasteiger partial charge in [-0.05, 0) is 17.7 Å². The van der Waals surface area contributed by atoms with Crippen molar-refractivity contribution in [3.05, 3.63) is 35.6 Å². The van der Waals surface area contributed by atoms with Crippen LogP contribution < -0.4 is 0 Å². The summed E-state index contributed by atoms with van der Waals surface area (Å²) < 4.78 is 17.7. The lowest BCUT2D eigenvalue weighted by Crippen LogP contribution is -2.11. The first-order valence-corrected chi connectivity index (χ1v) is 4.30. The summed E-state index contributed by atoms with van der Waals surface area (Å²) in [6.07, 6.45) is -0.638. The number of methoxy groups -OCH3 is 1. The molecule has 0 aliphatic heterocycles. The molecule has 0 aliphatic carbocycles. The van der Waals surface area contributed by atoms with Gasteiger partial charge in [0.1, 0.15) is 11.9 Å². The van der Waals surface area contributed by atoms with E-state index in [1.165, 1.54) is 31.4 Å². The number of nitriles is 2. The van der Waals surface area contributed by atoms with Gasteiger partial charge in [0.15, 0.2) is 5.92 Å². The Morgan fingerprint density at radius 3 is 2.13 bits per heavy atom. The standard InChI is InChI=1S/C11H9FN2O/c1-15-11(9(6-13)7-14)8-2-4-10(12)5-3-8/h2-5,9,11H,1H3. The Bertz CT molecular complexity index is 388. The molecule has 0 N–H and O–H groups in total. The monoisotopic (exact) mass is 204 g/mol. The third-order valence-electron chi connectivity index (χ3n) is 2.03. The van der Waals surface area contributed by atoms with E-state index in [1.54, 1.807) is 0 Å². The number of nitrogens with zero attached hydrogens (tertiary/aromatic N) is 2. The molecule has 0 heterocycles. The van der Waals surface area contributed by atoms with Gasteiger partial charge in [-0.2, -0.15) is 10.5 Å². The van der Waals surface area contributed by atoms with Crippen molar-refractivity contribution in [3.63, 3.8) is 0 Å². The third-order valence-corrected chi connectivity index (χ3v) is 2.03. The summed E-state index contributed by atoms with van der Waals surface area (Å²) in [4.78, 5) is 0. The molecule has 0 radical (unpaired) electrons. The van der Waals surface area contributed by atoms with Crippen LogP contribution in [0.2, 0.25) is 0 Å². The molecule has 1 aromatic carbocycles. The van der Waals surface area contributed by atoms with Crippen LogP contribution in [0.4, 0.5) is 4.39 Å². The van der Waals surface area contributed by atoms with Gasteiger partial charge < -0.3 is 4.74 Å². The highest BCUT2D eigenvalue weighted by molar-refractivity contribution is 5.23. The van der Waals surface area contributed by atoms with Crippen molar-refractivity contribution in [1.29, 1.82) is 10.5 Å². The second-order valence-electron chi connectivity index (χ2n) is 2.94. The first-order chi connectivity index (χ1) is 7.22. The van der Waals surface area contributed by atoms with Crippen molar-refractivity contribution in [3.8, 4) is 12.1 Å². The van der Waals surface area contributed by atoms with Gasteiger partial charge in [-0.15, -0.1) is 0 Å². The summed E-state index contributed by atoms with van der Waals surface area (Å²) in [7, 11) is 1.41. The summed E-state index contributed by atoms with van der Waals surface area (Å²) in [5.74, 6) is -1.25. The number of rotatable bonds is 3. The van der Waals surface area contributed by atoms with E-state index in [4.69, 9.17) is 15.3 Å². The SMILES string of the molecule is COC(c1ccc(F)cc1)C(C#N)C#N. The number of hydrogen-bond donors (Lipinski definition) is 0. The lowest BCUT2D eigenvalue weighted by Gasteiger charge is -2.15. The summed E-state index contributed by atoms with van der Waals surface area (Å²) in [6, 6.07) is 9.22. The number of halogens is 1. The van der Waals surface area contributed by atoms with Crippen LogP contribution in [0, 0.1) is 34.4 Å². The normalized spacial score (nSPS) is 11.8. The van der Waals surface area contributed by atoms with Crippen LogP contribution in [-0.4, -0.2) is 7.11 Å². The molecular formula is C11H9FN2O. The van der Waals surface area contributed by atoms with E-state index in [1.807, 2.05) is 12.1 Å². The van der Waals surface area contributed by atoms with E-state index >= 15 is 0 Å². The van der Waals surface area contributed by atoms with Gasteiger partial charge in [0.25, 0.3) is 0 Å². The highest BCUT2D eigenvalue weighted by Gasteiger charge is 2.22. The van der Waals surface area contributed by atoms with E-state index in [-0.39, 0.29) is 5.82 Å². The molecule has 1 aromatic rings. The second kappa shape index (κ2) is 5.09. The molecular weight excluding hydrogens is 195 g/mol. The highest BCUT2D eigenvalue weighted by Crippen LogP contribution is 2.24. The molecule has 4 heteroatoms. The maximum Gasteiger partial charge on any atom is 0.163 e. The maximum absolute atomic E-state index is 12.6. The minimum absolute atomic E-state index is 0.362. The maximum atomic E-state index is 12.6. The number of ether oxygens (including phenoxy) is 1. The summed E-state index contributed by atoms with van der Waals surface area (Å²) in [5, 5.41) is 17.4. The fourth-order valence-electron chi connectivity index (χ4n) is 1.28. The van der Waals surface area contributed by atoms with Gasteiger partial charge in [-0.25, -0.2) is 4.39 Å². The Labute approximate surface area is 87.3 Å². The minimum Gasteiger partial charge on any atom is -0.374 e. The lowest BCUT2D eigenvalue weighted by atomic mass is 9.98. The van der Waals surface area contributed by atoms with Gasteiger partial charge in [0.05, 0.1) is 12.1 Å². The predicted octanol–water partition coefficient (Wildman–Crippen LogP) is 2.18. The number of benzene rings is 1. The fraction of sp³-hybridized carbons (Fsp3) is 0.273. The van der Waals surface area contributed by atoms with Crippen molar-refractivity contribution in [2.75, 3.05) is 7.11 Å². The predicted molar refractivity (Wildman–Crippen MR) is 50.9 cm³/mol. The first-order valence-electron chi connectivity index (χ1n) is 4.30. The Morgan fingerprint density at radius 2 is 1.73 bits per heavy atom. The van der Waals surface area contributed by atoms with Crippen molar-refractivity contribution >= 4 is 0 Å². The molecule has 0 saturated carbocycles. The molecule has 0 bridgehead atoms. The molecule has 76 valence electrons. The Balaban J connectivity index is 2.99. The van der Waals surface area contributed by atoms with E-state index in [9.17, 15) is 4.39 Å². The van der Waals surface area contributed by atoms with Gasteiger partial charge in [0, 0.05) is 7.11 Å². The van der Waals surface area contributed by atoms with Crippen LogP contribution in [0.1, 0.15) is 11.7 Å². The minimum atomic E-state index is -0.888. The Morgan fingerprint density at radius 1 is 1.20 bits per heavy atom. The van der Waals surface area contributed by atoms with Gasteiger partial charge in [-0.3, -0.25) is 0 Å². The molecule has 1 rings (SSSR count). The van der Waals surface area contributed by atoms with Crippen LogP contribution in [0.25, 0.3) is 0 Å². The topological polar surface area (TPSA) is 56.8 Å². The molecule has 0 spiro atoms. The molecule has 15 heavy (non-hydrogen) atoms. The quantitative estimate of drug-likeness (QED) is 0.758. The second-order valence-corrected chi connectivity index (χ2v) is 2.94. The zero-order valence-corrected chi connectivity index (χ0v) is 8.14. The molecule has 3 nitrogen and oxygen atoms in total. The van der Waals surface area contributed by atoms with Crippen LogP contribution in [0.5, 0.6) is 0 Å². The van der Waals surface area contributed by atoms with Crippen molar-refractivity contribution in [2.45, 2.75) is 6.10 Å². The van der Waals surface area contributed by atoms with Gasteiger partial charge >= 0.3 is 0 Å². The average Bonchev–Trinajstić information content (AvgIpc) is 2.27. The van der Waals surface area contributed by atoms with Gasteiger partial charge in [-0.1, -0.05) is 12.1 Å². The zero-order chi connectivity index (χ0) is 11.3. The van der Waals surface area contributed by atoms with E-state index in [0.717, 1.165) is 0 Å².